The highest BCUT2D eigenvalue weighted by Gasteiger charge is 2.17. The third-order valence-electron chi connectivity index (χ3n) is 11.4. The summed E-state index contributed by atoms with van der Waals surface area (Å²) in [5.74, 6) is 1.92. The first kappa shape index (κ1) is 35.9. The molecule has 1 aliphatic carbocycles. The van der Waals surface area contributed by atoms with Crippen molar-refractivity contribution in [2.45, 2.75) is 19.8 Å². The van der Waals surface area contributed by atoms with E-state index in [9.17, 15) is 0 Å². The molecule has 0 bridgehead atoms. The summed E-state index contributed by atoms with van der Waals surface area (Å²) in [5.41, 5.74) is 13.9. The summed E-state index contributed by atoms with van der Waals surface area (Å²) in [6.07, 6.45) is 13.2. The fourth-order valence-corrected chi connectivity index (χ4v) is 8.34. The molecule has 59 heavy (non-hydrogen) atoms. The number of fused-ring (bicyclic) bond motifs is 3. The number of hydrogen-bond acceptors (Lipinski definition) is 3. The Hall–Kier alpha value is -7.49. The largest absolute Gasteiger partial charge is 0.208 e. The van der Waals surface area contributed by atoms with Crippen LogP contribution in [-0.2, 0) is 6.42 Å². The van der Waals surface area contributed by atoms with E-state index >= 15 is 0 Å². The molecule has 0 atom stereocenters. The number of rotatable bonds is 8. The SMILES string of the molecule is C/C(=C\C=C/c1ccccc1)c1ccc(-c2nc(-c3ccc(-c4cccc5c4C=CCC5)cc3)nc(-c3ccc(-c4cccc5ccccc45)cc3)n2)c2ccccc12. The van der Waals surface area contributed by atoms with Gasteiger partial charge in [0.05, 0.1) is 0 Å². The highest BCUT2D eigenvalue weighted by Crippen LogP contribution is 2.36. The average molecular weight is 756 g/mol. The quantitative estimate of drug-likeness (QED) is 0.145. The molecule has 1 aromatic heterocycles. The smallest absolute Gasteiger partial charge is 0.164 e. The molecule has 1 heterocycles. The predicted octanol–water partition coefficient (Wildman–Crippen LogP) is 14.6. The molecule has 0 amide bonds. The highest BCUT2D eigenvalue weighted by atomic mass is 15.0. The minimum Gasteiger partial charge on any atom is -0.208 e. The van der Waals surface area contributed by atoms with Gasteiger partial charge in [-0.2, -0.15) is 0 Å². The topological polar surface area (TPSA) is 38.7 Å². The lowest BCUT2D eigenvalue weighted by Gasteiger charge is -2.15. The fourth-order valence-electron chi connectivity index (χ4n) is 8.34. The lowest BCUT2D eigenvalue weighted by Crippen LogP contribution is -2.01. The van der Waals surface area contributed by atoms with Crippen LogP contribution in [0.3, 0.4) is 0 Å². The van der Waals surface area contributed by atoms with E-state index in [1.807, 2.05) is 6.07 Å². The van der Waals surface area contributed by atoms with Gasteiger partial charge in [-0.25, -0.2) is 15.0 Å². The molecule has 0 unspecified atom stereocenters. The molecule has 10 rings (SSSR count). The molecule has 3 nitrogen and oxygen atoms in total. The van der Waals surface area contributed by atoms with Gasteiger partial charge in [0, 0.05) is 16.7 Å². The van der Waals surface area contributed by atoms with Crippen LogP contribution in [0.25, 0.3) is 95.7 Å². The second kappa shape index (κ2) is 15.8. The van der Waals surface area contributed by atoms with E-state index < -0.39 is 0 Å². The molecule has 0 radical (unpaired) electrons. The van der Waals surface area contributed by atoms with Crippen molar-refractivity contribution >= 4 is 39.3 Å². The normalized spacial score (nSPS) is 12.7. The second-order valence-electron chi connectivity index (χ2n) is 15.1. The molecule has 0 fully saturated rings. The van der Waals surface area contributed by atoms with Crippen LogP contribution in [0.4, 0.5) is 0 Å². The first-order valence-electron chi connectivity index (χ1n) is 20.3. The molecule has 0 saturated heterocycles. The van der Waals surface area contributed by atoms with Gasteiger partial charge in [0.15, 0.2) is 17.5 Å². The highest BCUT2D eigenvalue weighted by molar-refractivity contribution is 6.02. The Morgan fingerprint density at radius 1 is 0.475 bits per heavy atom. The first-order chi connectivity index (χ1) is 29.2. The number of benzene rings is 8. The number of nitrogens with zero attached hydrogens (tertiary/aromatic N) is 3. The van der Waals surface area contributed by atoms with Crippen LogP contribution >= 0.6 is 0 Å². The second-order valence-corrected chi connectivity index (χ2v) is 15.1. The maximum Gasteiger partial charge on any atom is 0.164 e. The Morgan fingerprint density at radius 3 is 1.83 bits per heavy atom. The van der Waals surface area contributed by atoms with E-state index in [4.69, 9.17) is 15.0 Å². The van der Waals surface area contributed by atoms with Crippen molar-refractivity contribution in [1.82, 2.24) is 15.0 Å². The molecule has 0 aliphatic heterocycles. The molecule has 0 spiro atoms. The lowest BCUT2D eigenvalue weighted by atomic mass is 9.90. The first-order valence-corrected chi connectivity index (χ1v) is 20.3. The summed E-state index contributed by atoms with van der Waals surface area (Å²) < 4.78 is 0. The van der Waals surface area contributed by atoms with Crippen molar-refractivity contribution in [3.8, 4) is 56.4 Å². The van der Waals surface area contributed by atoms with Crippen LogP contribution in [-0.4, -0.2) is 15.0 Å². The molecule has 8 aromatic carbocycles. The Labute approximate surface area is 345 Å². The van der Waals surface area contributed by atoms with Crippen LogP contribution < -0.4 is 0 Å². The molecule has 0 N–H and O–H groups in total. The lowest BCUT2D eigenvalue weighted by molar-refractivity contribution is 0.986. The number of aromatic nitrogens is 3. The van der Waals surface area contributed by atoms with Gasteiger partial charge < -0.3 is 0 Å². The van der Waals surface area contributed by atoms with Gasteiger partial charge >= 0.3 is 0 Å². The van der Waals surface area contributed by atoms with Crippen molar-refractivity contribution in [2.75, 3.05) is 0 Å². The standard InChI is InChI=1S/C56H41N3/c1-38(14-11-17-39-15-3-2-4-16-39)46-36-37-53(52-25-10-9-24-51(46)52)56-58-54(44-32-28-42(29-33-44)49-26-12-20-40-18-5-7-22-47(40)49)57-55(59-56)45-34-30-43(31-35-45)50-27-13-21-41-19-6-8-23-48(41)50/h2-5,7-18,20-37H,6,19H2,1H3/b17-11-,38-14+. The van der Waals surface area contributed by atoms with Crippen molar-refractivity contribution in [1.29, 1.82) is 0 Å². The van der Waals surface area contributed by atoms with E-state index in [1.165, 1.54) is 55.3 Å². The number of aryl methyl sites for hydroxylation is 1. The zero-order valence-corrected chi connectivity index (χ0v) is 32.9. The summed E-state index contributed by atoms with van der Waals surface area (Å²) in [5, 5.41) is 4.70. The maximum atomic E-state index is 5.22. The van der Waals surface area contributed by atoms with Crippen LogP contribution in [0.1, 0.15) is 35.6 Å². The molecule has 9 aromatic rings. The molecular formula is C56H41N3. The van der Waals surface area contributed by atoms with Crippen LogP contribution in [0, 0.1) is 0 Å². The minimum absolute atomic E-state index is 0.635. The minimum atomic E-state index is 0.635. The van der Waals surface area contributed by atoms with Gasteiger partial charge in [-0.05, 0) is 97.5 Å². The van der Waals surface area contributed by atoms with Crippen molar-refractivity contribution in [3.05, 3.63) is 216 Å². The number of hydrogen-bond donors (Lipinski definition) is 0. The van der Waals surface area contributed by atoms with Gasteiger partial charge in [-0.3, -0.25) is 0 Å². The Bertz CT molecular complexity index is 3080. The molecule has 280 valence electrons. The third-order valence-corrected chi connectivity index (χ3v) is 11.4. The van der Waals surface area contributed by atoms with Gasteiger partial charge in [0.1, 0.15) is 0 Å². The van der Waals surface area contributed by atoms with Gasteiger partial charge in [0.25, 0.3) is 0 Å². The Morgan fingerprint density at radius 2 is 1.07 bits per heavy atom. The summed E-state index contributed by atoms with van der Waals surface area (Å²) in [6.45, 7) is 2.17. The fraction of sp³-hybridized carbons (Fsp3) is 0.0536. The maximum absolute atomic E-state index is 5.22. The van der Waals surface area contributed by atoms with E-state index in [2.05, 4.69) is 207 Å². The van der Waals surface area contributed by atoms with E-state index in [1.54, 1.807) is 0 Å². The van der Waals surface area contributed by atoms with Gasteiger partial charge in [0.2, 0.25) is 0 Å². The molecule has 0 saturated carbocycles. The third kappa shape index (κ3) is 7.20. The summed E-state index contributed by atoms with van der Waals surface area (Å²) in [6, 6.07) is 62.3. The number of allylic oxidation sites excluding steroid dienone is 4. The Balaban J connectivity index is 1.07. The van der Waals surface area contributed by atoms with Gasteiger partial charge in [-0.1, -0.05) is 200 Å². The average Bonchev–Trinajstić information content (AvgIpc) is 3.31. The van der Waals surface area contributed by atoms with Crippen molar-refractivity contribution in [3.63, 3.8) is 0 Å². The zero-order valence-electron chi connectivity index (χ0n) is 32.9. The van der Waals surface area contributed by atoms with Crippen molar-refractivity contribution < 1.29 is 0 Å². The summed E-state index contributed by atoms with van der Waals surface area (Å²) in [4.78, 5) is 15.6. The zero-order chi connectivity index (χ0) is 39.5. The van der Waals surface area contributed by atoms with Crippen LogP contribution in [0.5, 0.6) is 0 Å². The van der Waals surface area contributed by atoms with E-state index in [0.29, 0.717) is 17.5 Å². The Kier molecular flexibility index (Phi) is 9.61. The summed E-state index contributed by atoms with van der Waals surface area (Å²) in [7, 11) is 0. The van der Waals surface area contributed by atoms with E-state index in [0.717, 1.165) is 45.9 Å². The monoisotopic (exact) mass is 755 g/mol. The van der Waals surface area contributed by atoms with E-state index in [-0.39, 0.29) is 0 Å². The van der Waals surface area contributed by atoms with Crippen LogP contribution in [0.15, 0.2) is 194 Å². The summed E-state index contributed by atoms with van der Waals surface area (Å²) >= 11 is 0. The molecular weight excluding hydrogens is 715 g/mol. The van der Waals surface area contributed by atoms with Crippen LogP contribution in [0.2, 0.25) is 0 Å². The predicted molar refractivity (Wildman–Crippen MR) is 249 cm³/mol. The van der Waals surface area contributed by atoms with Gasteiger partial charge in [-0.15, -0.1) is 0 Å². The molecule has 1 aliphatic rings. The van der Waals surface area contributed by atoms with Crippen molar-refractivity contribution in [2.24, 2.45) is 0 Å². The molecule has 3 heteroatoms.